The minimum absolute atomic E-state index is 0.00963. The van der Waals surface area contributed by atoms with Crippen molar-refractivity contribution in [3.8, 4) is 0 Å². The molecule has 0 spiro atoms. The van der Waals surface area contributed by atoms with E-state index in [1.54, 1.807) is 0 Å². The lowest BCUT2D eigenvalue weighted by Gasteiger charge is -2.55. The second-order valence-corrected chi connectivity index (χ2v) is 12.0. The molecule has 4 fully saturated rings. The number of fused-ring (bicyclic) bond motifs is 5. The molecule has 4 aliphatic rings. The molecule has 2 aromatic rings. The maximum Gasteiger partial charge on any atom is 0.360 e. The van der Waals surface area contributed by atoms with Crippen LogP contribution in [0.3, 0.4) is 0 Å². The first-order valence-electron chi connectivity index (χ1n) is 14.8. The number of aliphatic carboxylic acids is 1. The van der Waals surface area contributed by atoms with Crippen molar-refractivity contribution < 1.29 is 14.7 Å². The molecule has 2 aliphatic carbocycles. The fourth-order valence-corrected chi connectivity index (χ4v) is 8.19. The van der Waals surface area contributed by atoms with Crippen molar-refractivity contribution in [2.24, 2.45) is 17.0 Å². The Morgan fingerprint density at radius 1 is 0.974 bits per heavy atom. The summed E-state index contributed by atoms with van der Waals surface area (Å²) in [6.07, 6.45) is 14.4. The van der Waals surface area contributed by atoms with Gasteiger partial charge >= 0.3 is 5.97 Å². The Bertz CT molecular complexity index is 1250. The summed E-state index contributed by atoms with van der Waals surface area (Å²) in [6, 6.07) is 9.21. The molecule has 1 aromatic heterocycles. The maximum atomic E-state index is 14.0. The highest BCUT2D eigenvalue weighted by molar-refractivity contribution is 6.41. The number of carboxylic acids is 1. The molecule has 4 unspecified atom stereocenters. The number of hydrogen-bond donors (Lipinski definition) is 1. The molecule has 0 amide bonds. The number of para-hydroxylation sites is 2. The molecule has 38 heavy (non-hydrogen) atoms. The summed E-state index contributed by atoms with van der Waals surface area (Å²) in [5.74, 6) is 0.481. The number of rotatable bonds is 7. The van der Waals surface area contributed by atoms with Crippen molar-refractivity contribution in [1.29, 1.82) is 0 Å². The Hall–Kier alpha value is -2.74. The van der Waals surface area contributed by atoms with Crippen LogP contribution in [0.4, 0.5) is 0 Å². The Labute approximate surface area is 224 Å². The Balaban J connectivity index is 1.36. The van der Waals surface area contributed by atoms with E-state index in [0.29, 0.717) is 30.1 Å². The summed E-state index contributed by atoms with van der Waals surface area (Å²) in [4.78, 5) is 38.7. The van der Waals surface area contributed by atoms with Gasteiger partial charge in [0.1, 0.15) is 6.61 Å². The van der Waals surface area contributed by atoms with E-state index < -0.39 is 11.7 Å². The van der Waals surface area contributed by atoms with Crippen LogP contribution in [-0.4, -0.2) is 56.0 Å². The molecular formula is C30H40N4O4. The van der Waals surface area contributed by atoms with Crippen LogP contribution in [0.15, 0.2) is 34.2 Å². The first-order chi connectivity index (χ1) is 18.5. The molecule has 6 rings (SSSR count). The topological polar surface area (TPSA) is 97.0 Å². The van der Waals surface area contributed by atoms with Gasteiger partial charge in [-0.25, -0.2) is 9.78 Å². The van der Waals surface area contributed by atoms with Crippen LogP contribution in [0.5, 0.6) is 0 Å². The van der Waals surface area contributed by atoms with E-state index in [4.69, 9.17) is 4.84 Å². The third-order valence-corrected chi connectivity index (χ3v) is 9.57. The Morgan fingerprint density at radius 2 is 1.66 bits per heavy atom. The average molecular weight is 521 g/mol. The van der Waals surface area contributed by atoms with Gasteiger partial charge in [0.15, 0.2) is 5.69 Å². The lowest BCUT2D eigenvalue weighted by molar-refractivity contribution is -0.129. The van der Waals surface area contributed by atoms with Crippen LogP contribution in [-0.2, 0) is 9.63 Å². The summed E-state index contributed by atoms with van der Waals surface area (Å²) in [5, 5.41) is 13.7. The van der Waals surface area contributed by atoms with Gasteiger partial charge in [-0.05, 0) is 75.3 Å². The molecule has 4 atom stereocenters. The molecule has 1 aromatic carbocycles. The summed E-state index contributed by atoms with van der Waals surface area (Å²) >= 11 is 0. The van der Waals surface area contributed by atoms with Crippen LogP contribution in [0.1, 0.15) is 95.7 Å². The van der Waals surface area contributed by atoms with Crippen molar-refractivity contribution in [1.82, 2.24) is 14.5 Å². The molecule has 204 valence electrons. The Kier molecular flexibility index (Phi) is 7.25. The fourth-order valence-electron chi connectivity index (χ4n) is 8.19. The molecular weight excluding hydrogens is 480 g/mol. The molecule has 3 heterocycles. The highest BCUT2D eigenvalue weighted by Crippen LogP contribution is 2.47. The molecule has 0 radical (unpaired) electrons. The SMILES string of the molecule is CCCON=C(C(=O)O)c1nc2ccccc2n(C2CC3CCCC(C2)N3C2CC3CCCC(C3)C2)c1=O. The Morgan fingerprint density at radius 3 is 2.34 bits per heavy atom. The van der Waals surface area contributed by atoms with Crippen molar-refractivity contribution in [2.75, 3.05) is 6.61 Å². The van der Waals surface area contributed by atoms with Gasteiger partial charge in [0, 0.05) is 24.2 Å². The van der Waals surface area contributed by atoms with Gasteiger partial charge in [-0.15, -0.1) is 0 Å². The summed E-state index contributed by atoms with van der Waals surface area (Å²) in [6.45, 7) is 2.20. The van der Waals surface area contributed by atoms with Crippen LogP contribution in [0.2, 0.25) is 0 Å². The monoisotopic (exact) mass is 520 g/mol. The third-order valence-electron chi connectivity index (χ3n) is 9.57. The van der Waals surface area contributed by atoms with E-state index in [1.807, 2.05) is 35.8 Å². The van der Waals surface area contributed by atoms with E-state index >= 15 is 0 Å². The summed E-state index contributed by atoms with van der Waals surface area (Å²) in [7, 11) is 0. The average Bonchev–Trinajstić information content (AvgIpc) is 2.90. The van der Waals surface area contributed by atoms with Gasteiger partial charge in [-0.2, -0.15) is 0 Å². The van der Waals surface area contributed by atoms with Gasteiger partial charge in [0.2, 0.25) is 5.71 Å². The van der Waals surface area contributed by atoms with Gasteiger partial charge < -0.3 is 14.5 Å². The first-order valence-corrected chi connectivity index (χ1v) is 14.8. The first kappa shape index (κ1) is 25.5. The van der Waals surface area contributed by atoms with Gasteiger partial charge in [0.25, 0.3) is 5.56 Å². The largest absolute Gasteiger partial charge is 0.476 e. The minimum atomic E-state index is -1.30. The number of carbonyl (C=O) groups is 1. The van der Waals surface area contributed by atoms with E-state index in [-0.39, 0.29) is 23.9 Å². The number of carboxylic acid groups (broad SMARTS) is 1. The van der Waals surface area contributed by atoms with Crippen molar-refractivity contribution in [3.05, 3.63) is 40.3 Å². The highest BCUT2D eigenvalue weighted by Gasteiger charge is 2.45. The number of nitrogens with zero attached hydrogens (tertiary/aromatic N) is 4. The van der Waals surface area contributed by atoms with Crippen molar-refractivity contribution in [3.63, 3.8) is 0 Å². The summed E-state index contributed by atoms with van der Waals surface area (Å²) in [5.41, 5.74) is 0.437. The number of hydrogen-bond acceptors (Lipinski definition) is 6. The van der Waals surface area contributed by atoms with Crippen LogP contribution < -0.4 is 5.56 Å². The van der Waals surface area contributed by atoms with Gasteiger partial charge in [0.05, 0.1) is 11.0 Å². The number of piperidine rings is 2. The lowest BCUT2D eigenvalue weighted by Crippen LogP contribution is -2.58. The second kappa shape index (κ2) is 10.8. The van der Waals surface area contributed by atoms with Crippen LogP contribution in [0.25, 0.3) is 11.0 Å². The zero-order chi connectivity index (χ0) is 26.2. The van der Waals surface area contributed by atoms with Crippen molar-refractivity contribution in [2.45, 2.75) is 108 Å². The molecule has 8 heteroatoms. The van der Waals surface area contributed by atoms with E-state index in [9.17, 15) is 14.7 Å². The predicted octanol–water partition coefficient (Wildman–Crippen LogP) is 5.14. The zero-order valence-corrected chi connectivity index (χ0v) is 22.4. The highest BCUT2D eigenvalue weighted by atomic mass is 16.6. The molecule has 2 aliphatic heterocycles. The van der Waals surface area contributed by atoms with Crippen LogP contribution >= 0.6 is 0 Å². The van der Waals surface area contributed by atoms with Gasteiger partial charge in [-0.1, -0.05) is 49.9 Å². The van der Waals surface area contributed by atoms with E-state index in [1.165, 1.54) is 57.8 Å². The minimum Gasteiger partial charge on any atom is -0.476 e. The van der Waals surface area contributed by atoms with Crippen LogP contribution in [0, 0.1) is 11.8 Å². The molecule has 2 saturated heterocycles. The molecule has 8 nitrogen and oxygen atoms in total. The maximum absolute atomic E-state index is 14.0. The van der Waals surface area contributed by atoms with E-state index in [2.05, 4.69) is 15.0 Å². The number of oxime groups is 1. The smallest absolute Gasteiger partial charge is 0.360 e. The predicted molar refractivity (Wildman–Crippen MR) is 146 cm³/mol. The number of aromatic nitrogens is 2. The zero-order valence-electron chi connectivity index (χ0n) is 22.4. The molecule has 2 saturated carbocycles. The standard InChI is InChI=1S/C30H40N4O4/c1-2-13-38-32-28(30(36)37)27-29(35)34(26-12-4-3-11-25(26)31-27)24-17-21-9-6-10-22(18-24)33(21)23-15-19-7-5-8-20(14-19)16-23/h3-4,11-12,19-24H,2,5-10,13-18H2,1H3,(H,36,37). The second-order valence-electron chi connectivity index (χ2n) is 12.0. The quantitative estimate of drug-likeness (QED) is 0.309. The third kappa shape index (κ3) is 4.76. The van der Waals surface area contributed by atoms with Crippen molar-refractivity contribution >= 4 is 22.7 Å². The normalized spacial score (nSPS) is 31.8. The summed E-state index contributed by atoms with van der Waals surface area (Å²) < 4.78 is 1.84. The lowest BCUT2D eigenvalue weighted by atomic mass is 9.68. The van der Waals surface area contributed by atoms with E-state index in [0.717, 1.165) is 30.2 Å². The number of benzene rings is 1. The molecule has 4 bridgehead atoms. The molecule has 1 N–H and O–H groups in total. The fraction of sp³-hybridized carbons (Fsp3) is 0.667. The van der Waals surface area contributed by atoms with Gasteiger partial charge in [-0.3, -0.25) is 9.69 Å².